The van der Waals surface area contributed by atoms with E-state index < -0.39 is 0 Å². The molecule has 0 saturated heterocycles. The van der Waals surface area contributed by atoms with Gasteiger partial charge in [0.2, 0.25) is 0 Å². The van der Waals surface area contributed by atoms with Crippen LogP contribution in [0.3, 0.4) is 0 Å². The van der Waals surface area contributed by atoms with Gasteiger partial charge in [0.15, 0.2) is 0 Å². The molecule has 0 heterocycles. The fraction of sp³-hybridized carbons (Fsp3) is 0. The molecular weight excluding hydrogens is 430 g/mol. The van der Waals surface area contributed by atoms with E-state index in [1.165, 1.54) is 0 Å². The van der Waals surface area contributed by atoms with Gasteiger partial charge in [0, 0.05) is 0 Å². The topological polar surface area (TPSA) is 0 Å². The molecule has 0 fully saturated rings. The molecule has 9 heavy (non-hydrogen) atoms. The minimum absolute atomic E-state index is 0. The zero-order valence-corrected chi connectivity index (χ0v) is 11.9. The molecule has 72 valence electrons. The Morgan fingerprint density at radius 3 is 0.444 bits per heavy atom. The first-order valence-electron chi connectivity index (χ1n) is 0.492. The summed E-state index contributed by atoms with van der Waals surface area (Å²) in [7, 11) is 14.6. The van der Waals surface area contributed by atoms with E-state index in [9.17, 15) is 0 Å². The number of hydrogen-bond donors (Lipinski definition) is 0. The van der Waals surface area contributed by atoms with Crippen molar-refractivity contribution in [3.8, 4) is 0 Å². The van der Waals surface area contributed by atoms with Crippen molar-refractivity contribution in [1.82, 2.24) is 0 Å². The Morgan fingerprint density at radius 1 is 0.444 bits per heavy atom. The van der Waals surface area contributed by atoms with Crippen LogP contribution in [0.25, 0.3) is 0 Å². The Bertz CT molecular complexity index is 20.5. The second-order valence-corrected chi connectivity index (χ2v) is 0. The first-order chi connectivity index (χ1) is 4.00. The van der Waals surface area contributed by atoms with Crippen molar-refractivity contribution < 1.29 is 79.3 Å². The standard InChI is InChI=1S/4Cu.4S.Ti/q4*-1;;;;;+4. The summed E-state index contributed by atoms with van der Waals surface area (Å²) in [5, 5.41) is 0. The Labute approximate surface area is 119 Å². The van der Waals surface area contributed by atoms with Crippen LogP contribution in [-0.2, 0) is 79.3 Å². The summed E-state index contributed by atoms with van der Waals surface area (Å²) in [5.74, 6) is 0. The SMILES string of the molecule is [S]=[Cu-].[S]=[Cu-].[S]=[Cu-].[S]=[Cu-].[Ti+4]. The third-order valence-corrected chi connectivity index (χ3v) is 0. The Hall–Kier alpha value is 3.67. The van der Waals surface area contributed by atoms with Crippen molar-refractivity contribution in [3.05, 3.63) is 0 Å². The summed E-state index contributed by atoms with van der Waals surface area (Å²) in [5.41, 5.74) is 0. The smallest absolute Gasteiger partial charge is 4.00 e. The van der Waals surface area contributed by atoms with E-state index in [1.807, 2.05) is 0 Å². The molecule has 0 aliphatic heterocycles. The minimum atomic E-state index is 0. The van der Waals surface area contributed by atoms with Crippen LogP contribution in [0.15, 0.2) is 0 Å². The molecule has 0 nitrogen and oxygen atoms in total. The summed E-state index contributed by atoms with van der Waals surface area (Å²) < 4.78 is 0. The normalized spacial score (nSPS) is 2.67. The number of hydrogen-bond acceptors (Lipinski definition) is 4. The van der Waals surface area contributed by atoms with Crippen molar-refractivity contribution in [3.63, 3.8) is 0 Å². The van der Waals surface area contributed by atoms with Crippen LogP contribution in [0.1, 0.15) is 0 Å². The Morgan fingerprint density at radius 2 is 0.444 bits per heavy atom. The van der Waals surface area contributed by atoms with E-state index in [1.54, 1.807) is 0 Å². The molecule has 0 rings (SSSR count). The van der Waals surface area contributed by atoms with E-state index in [0.29, 0.717) is 0 Å². The van der Waals surface area contributed by atoms with Gasteiger partial charge in [0.05, 0.1) is 0 Å². The second-order valence-electron chi connectivity index (χ2n) is 0. The van der Waals surface area contributed by atoms with Gasteiger partial charge in [-0.3, -0.25) is 0 Å². The Kier molecular flexibility index (Phi) is 321. The molecule has 0 radical (unpaired) electrons. The molecule has 9 heteroatoms. The first-order valence-corrected chi connectivity index (χ1v) is 6.09. The maximum Gasteiger partial charge on any atom is 4.00 e. The van der Waals surface area contributed by atoms with Crippen LogP contribution in [0.4, 0.5) is 0 Å². The molecule has 0 amide bonds. The van der Waals surface area contributed by atoms with E-state index >= 15 is 0 Å². The van der Waals surface area contributed by atoms with Gasteiger partial charge >= 0.3 is 121 Å². The largest absolute Gasteiger partial charge is 4.00 e. The van der Waals surface area contributed by atoms with Crippen molar-refractivity contribution in [2.75, 3.05) is 0 Å². The monoisotopic (exact) mass is 428 g/mol. The van der Waals surface area contributed by atoms with Crippen molar-refractivity contribution >= 4 is 42.2 Å². The average Bonchev–Trinajstić information content (AvgIpc) is 2.03. The van der Waals surface area contributed by atoms with Gasteiger partial charge in [0.1, 0.15) is 0 Å². The molecule has 0 atom stereocenters. The molecule has 0 aliphatic carbocycles. The van der Waals surface area contributed by atoms with E-state index in [0.717, 1.165) is 0 Å². The van der Waals surface area contributed by atoms with Crippen LogP contribution < -0.4 is 0 Å². The molecule has 0 unspecified atom stereocenters. The maximum atomic E-state index is 3.77. The van der Waals surface area contributed by atoms with Crippen LogP contribution in [0.2, 0.25) is 0 Å². The fourth-order valence-corrected chi connectivity index (χ4v) is 0. The van der Waals surface area contributed by atoms with Crippen molar-refractivity contribution in [1.29, 1.82) is 0 Å². The summed E-state index contributed by atoms with van der Waals surface area (Å²) in [6.45, 7) is 0. The predicted octanol–water partition coefficient (Wildman–Crippen LogP) is 2.58. The zero-order chi connectivity index (χ0) is 8.00. The maximum absolute atomic E-state index is 3.77. The van der Waals surface area contributed by atoms with E-state index in [4.69, 9.17) is 0 Å². The molecule has 0 aromatic rings. The summed E-state index contributed by atoms with van der Waals surface area (Å²) in [6.07, 6.45) is 0. The molecule has 0 aliphatic rings. The van der Waals surface area contributed by atoms with E-state index in [-0.39, 0.29) is 21.7 Å². The summed E-state index contributed by atoms with van der Waals surface area (Å²) >= 11 is 15.1. The Balaban J connectivity index is -0.00000000762. The van der Waals surface area contributed by atoms with Crippen LogP contribution in [-0.4, -0.2) is 0 Å². The van der Waals surface area contributed by atoms with Gasteiger partial charge in [0.25, 0.3) is 0 Å². The molecular formula is Cu4S4Ti. The molecule has 0 aromatic carbocycles. The molecule has 0 saturated carbocycles. The molecule has 0 bridgehead atoms. The molecule has 0 aromatic heterocycles. The first kappa shape index (κ1) is 29.3. The van der Waals surface area contributed by atoms with Crippen LogP contribution in [0, 0.1) is 0 Å². The predicted molar refractivity (Wildman–Crippen MR) is 30.4 cm³/mol. The van der Waals surface area contributed by atoms with Gasteiger partial charge in [-0.15, -0.1) is 0 Å². The van der Waals surface area contributed by atoms with Gasteiger partial charge in [-0.25, -0.2) is 0 Å². The third-order valence-electron chi connectivity index (χ3n) is 0. The third kappa shape index (κ3) is 81.0. The van der Waals surface area contributed by atoms with Crippen molar-refractivity contribution in [2.45, 2.75) is 0 Å². The molecule has 0 N–H and O–H groups in total. The zero-order valence-electron chi connectivity index (χ0n) is 3.34. The quantitative estimate of drug-likeness (QED) is 0.542. The minimum Gasteiger partial charge on any atom is 4.00 e. The van der Waals surface area contributed by atoms with Crippen LogP contribution in [0.5, 0.6) is 0 Å². The van der Waals surface area contributed by atoms with Gasteiger partial charge in [-0.1, -0.05) is 0 Å². The van der Waals surface area contributed by atoms with Gasteiger partial charge in [-0.05, 0) is 0 Å². The van der Waals surface area contributed by atoms with Gasteiger partial charge in [-0.2, -0.15) is 0 Å². The summed E-state index contributed by atoms with van der Waals surface area (Å²) in [6, 6.07) is 0. The van der Waals surface area contributed by atoms with E-state index in [2.05, 4.69) is 99.7 Å². The number of rotatable bonds is 0. The summed E-state index contributed by atoms with van der Waals surface area (Å²) in [4.78, 5) is 0. The van der Waals surface area contributed by atoms with Crippen LogP contribution >= 0.6 is 42.2 Å². The average molecular weight is 430 g/mol. The van der Waals surface area contributed by atoms with Crippen molar-refractivity contribution in [2.24, 2.45) is 0 Å². The molecule has 0 spiro atoms. The fourth-order valence-electron chi connectivity index (χ4n) is 0. The second kappa shape index (κ2) is 98.6. The van der Waals surface area contributed by atoms with Gasteiger partial charge < -0.3 is 0 Å².